The number of aromatic nitrogens is 1. The van der Waals surface area contributed by atoms with Gasteiger partial charge in [-0.15, -0.1) is 0 Å². The van der Waals surface area contributed by atoms with Crippen LogP contribution in [0.4, 0.5) is 5.69 Å². The highest BCUT2D eigenvalue weighted by molar-refractivity contribution is 5.48. The maximum atomic E-state index is 4.60. The molecular weight excluding hydrogens is 256 g/mol. The third-order valence-corrected chi connectivity index (χ3v) is 3.89. The third-order valence-electron chi connectivity index (χ3n) is 3.89. The molecule has 1 atom stereocenters. The Labute approximate surface area is 128 Å². The molecule has 1 aromatic heterocycles. The van der Waals surface area contributed by atoms with Gasteiger partial charge in [-0.3, -0.25) is 4.98 Å². The number of hydrogen-bond acceptors (Lipinski definition) is 2. The van der Waals surface area contributed by atoms with Crippen LogP contribution in [0.1, 0.15) is 54.4 Å². The molecule has 2 heteroatoms. The molecule has 0 radical (unpaired) electrons. The van der Waals surface area contributed by atoms with Crippen LogP contribution in [0.5, 0.6) is 0 Å². The van der Waals surface area contributed by atoms with Gasteiger partial charge < -0.3 is 5.32 Å². The second-order valence-corrected chi connectivity index (χ2v) is 5.89. The minimum atomic E-state index is 0.259. The number of benzene rings is 1. The van der Waals surface area contributed by atoms with Gasteiger partial charge in [-0.2, -0.15) is 0 Å². The first-order chi connectivity index (χ1) is 10.0. The lowest BCUT2D eigenvalue weighted by Crippen LogP contribution is -2.11. The van der Waals surface area contributed by atoms with E-state index in [2.05, 4.69) is 68.3 Å². The van der Waals surface area contributed by atoms with E-state index in [4.69, 9.17) is 0 Å². The quantitative estimate of drug-likeness (QED) is 0.822. The Bertz CT molecular complexity index is 576. The van der Waals surface area contributed by atoms with E-state index in [0.29, 0.717) is 0 Å². The van der Waals surface area contributed by atoms with Crippen LogP contribution in [0, 0.1) is 20.8 Å². The van der Waals surface area contributed by atoms with Crippen molar-refractivity contribution in [2.75, 3.05) is 5.32 Å². The second-order valence-electron chi connectivity index (χ2n) is 5.89. The van der Waals surface area contributed by atoms with Crippen LogP contribution < -0.4 is 5.32 Å². The third kappa shape index (κ3) is 3.84. The predicted octanol–water partition coefficient (Wildman–Crippen LogP) is 5.13. The summed E-state index contributed by atoms with van der Waals surface area (Å²) < 4.78 is 0. The number of pyridine rings is 1. The molecule has 1 unspecified atom stereocenters. The molecule has 2 nitrogen and oxygen atoms in total. The van der Waals surface area contributed by atoms with Crippen LogP contribution in [0.25, 0.3) is 0 Å². The predicted molar refractivity (Wildman–Crippen MR) is 90.9 cm³/mol. The van der Waals surface area contributed by atoms with Crippen molar-refractivity contribution >= 4 is 5.69 Å². The lowest BCUT2D eigenvalue weighted by atomic mass is 10.00. The van der Waals surface area contributed by atoms with Crippen molar-refractivity contribution in [3.8, 4) is 0 Å². The molecule has 0 bridgehead atoms. The number of hydrogen-bond donors (Lipinski definition) is 1. The zero-order chi connectivity index (χ0) is 15.4. The van der Waals surface area contributed by atoms with Gasteiger partial charge in [0, 0.05) is 17.1 Å². The summed E-state index contributed by atoms with van der Waals surface area (Å²) in [5.74, 6) is 0. The largest absolute Gasteiger partial charge is 0.378 e. The molecule has 0 spiro atoms. The number of aryl methyl sites for hydroxylation is 4. The maximum absolute atomic E-state index is 4.60. The fourth-order valence-corrected chi connectivity index (χ4v) is 3.07. The summed E-state index contributed by atoms with van der Waals surface area (Å²) in [5.41, 5.74) is 7.39. The molecule has 21 heavy (non-hydrogen) atoms. The van der Waals surface area contributed by atoms with Gasteiger partial charge in [0.05, 0.1) is 6.04 Å². The summed E-state index contributed by atoms with van der Waals surface area (Å²) in [6, 6.07) is 11.2. The van der Waals surface area contributed by atoms with Gasteiger partial charge in [-0.25, -0.2) is 0 Å². The van der Waals surface area contributed by atoms with Crippen molar-refractivity contribution in [1.29, 1.82) is 0 Å². The van der Waals surface area contributed by atoms with Crippen LogP contribution >= 0.6 is 0 Å². The van der Waals surface area contributed by atoms with E-state index in [-0.39, 0.29) is 6.04 Å². The molecule has 0 aliphatic heterocycles. The van der Waals surface area contributed by atoms with Crippen molar-refractivity contribution in [3.05, 3.63) is 58.4 Å². The Morgan fingerprint density at radius 2 is 1.76 bits per heavy atom. The van der Waals surface area contributed by atoms with E-state index in [1.807, 2.05) is 6.92 Å². The lowest BCUT2D eigenvalue weighted by Gasteiger charge is -2.20. The molecule has 1 heterocycles. The van der Waals surface area contributed by atoms with E-state index >= 15 is 0 Å². The second kappa shape index (κ2) is 6.75. The van der Waals surface area contributed by atoms with Gasteiger partial charge in [0.15, 0.2) is 0 Å². The Morgan fingerprint density at radius 1 is 1.10 bits per heavy atom. The minimum Gasteiger partial charge on any atom is -0.378 e. The summed E-state index contributed by atoms with van der Waals surface area (Å²) in [6.45, 7) is 10.7. The average Bonchev–Trinajstić information content (AvgIpc) is 2.40. The van der Waals surface area contributed by atoms with Gasteiger partial charge in [0.25, 0.3) is 0 Å². The monoisotopic (exact) mass is 282 g/mol. The van der Waals surface area contributed by atoms with Crippen molar-refractivity contribution < 1.29 is 0 Å². The topological polar surface area (TPSA) is 24.9 Å². The molecule has 112 valence electrons. The Kier molecular flexibility index (Phi) is 5.00. The van der Waals surface area contributed by atoms with E-state index in [1.165, 1.54) is 28.8 Å². The van der Waals surface area contributed by atoms with Gasteiger partial charge in [0.1, 0.15) is 0 Å². The molecule has 0 aliphatic carbocycles. The van der Waals surface area contributed by atoms with Crippen molar-refractivity contribution in [2.45, 2.75) is 53.5 Å². The first-order valence-corrected chi connectivity index (χ1v) is 7.81. The molecule has 1 N–H and O–H groups in total. The SMILES string of the molecule is CCCc1ccc(NC(C)c2c(C)cc(C)nc2C)cc1. The van der Waals surface area contributed by atoms with Crippen molar-refractivity contribution in [3.63, 3.8) is 0 Å². The van der Waals surface area contributed by atoms with Crippen LogP contribution in [0.3, 0.4) is 0 Å². The molecule has 0 amide bonds. The zero-order valence-electron chi connectivity index (χ0n) is 13.8. The Balaban J connectivity index is 2.16. The lowest BCUT2D eigenvalue weighted by molar-refractivity contribution is 0.842. The highest BCUT2D eigenvalue weighted by Crippen LogP contribution is 2.25. The standard InChI is InChI=1S/C19H26N2/c1-6-7-17-8-10-18(11-9-17)21-16(5)19-13(2)12-14(3)20-15(19)4/h8-12,16,21H,6-7H2,1-5H3. The highest BCUT2D eigenvalue weighted by atomic mass is 14.9. The van der Waals surface area contributed by atoms with E-state index in [9.17, 15) is 0 Å². The summed E-state index contributed by atoms with van der Waals surface area (Å²) in [5, 5.41) is 3.59. The van der Waals surface area contributed by atoms with Gasteiger partial charge in [-0.05, 0) is 69.0 Å². The van der Waals surface area contributed by atoms with Crippen LogP contribution in [-0.4, -0.2) is 4.98 Å². The fourth-order valence-electron chi connectivity index (χ4n) is 3.07. The van der Waals surface area contributed by atoms with Crippen LogP contribution in [0.15, 0.2) is 30.3 Å². The maximum Gasteiger partial charge on any atom is 0.0506 e. The van der Waals surface area contributed by atoms with E-state index in [1.54, 1.807) is 0 Å². The van der Waals surface area contributed by atoms with Crippen LogP contribution in [-0.2, 0) is 6.42 Å². The summed E-state index contributed by atoms with van der Waals surface area (Å²) in [4.78, 5) is 4.60. The van der Waals surface area contributed by atoms with Crippen molar-refractivity contribution in [2.24, 2.45) is 0 Å². The highest BCUT2D eigenvalue weighted by Gasteiger charge is 2.13. The Morgan fingerprint density at radius 3 is 2.33 bits per heavy atom. The molecule has 0 saturated heterocycles. The first-order valence-electron chi connectivity index (χ1n) is 7.81. The number of anilines is 1. The average molecular weight is 282 g/mol. The molecule has 2 rings (SSSR count). The van der Waals surface area contributed by atoms with Crippen molar-refractivity contribution in [1.82, 2.24) is 4.98 Å². The summed E-state index contributed by atoms with van der Waals surface area (Å²) in [6.07, 6.45) is 2.34. The fraction of sp³-hybridized carbons (Fsp3) is 0.421. The Hall–Kier alpha value is -1.83. The van der Waals surface area contributed by atoms with Gasteiger partial charge in [-0.1, -0.05) is 25.5 Å². The van der Waals surface area contributed by atoms with E-state index < -0.39 is 0 Å². The van der Waals surface area contributed by atoms with Gasteiger partial charge in [0.2, 0.25) is 0 Å². The molecule has 2 aromatic rings. The molecular formula is C19H26N2. The molecule has 0 saturated carbocycles. The van der Waals surface area contributed by atoms with Crippen LogP contribution in [0.2, 0.25) is 0 Å². The number of rotatable bonds is 5. The normalized spacial score (nSPS) is 12.2. The number of nitrogens with one attached hydrogen (secondary N) is 1. The van der Waals surface area contributed by atoms with E-state index in [0.717, 1.165) is 17.8 Å². The molecule has 0 aliphatic rings. The molecule has 0 fully saturated rings. The molecule has 1 aromatic carbocycles. The van der Waals surface area contributed by atoms with Gasteiger partial charge >= 0.3 is 0 Å². The smallest absolute Gasteiger partial charge is 0.0506 e. The number of nitrogens with zero attached hydrogens (tertiary/aromatic N) is 1. The summed E-state index contributed by atoms with van der Waals surface area (Å²) in [7, 11) is 0. The zero-order valence-corrected chi connectivity index (χ0v) is 13.8. The first kappa shape index (κ1) is 15.6. The summed E-state index contributed by atoms with van der Waals surface area (Å²) >= 11 is 0. The minimum absolute atomic E-state index is 0.259.